The van der Waals surface area contributed by atoms with Gasteiger partial charge in [0.05, 0.1) is 29.5 Å². The van der Waals surface area contributed by atoms with E-state index in [1.807, 2.05) is 12.3 Å². The molecule has 3 N–H and O–H groups in total. The predicted octanol–water partition coefficient (Wildman–Crippen LogP) is 3.46. The maximum absolute atomic E-state index is 6.38. The van der Waals surface area contributed by atoms with Gasteiger partial charge in [0.15, 0.2) is 0 Å². The quantitative estimate of drug-likeness (QED) is 0.764. The van der Waals surface area contributed by atoms with Crippen molar-refractivity contribution in [3.8, 4) is 17.1 Å². The first kappa shape index (κ1) is 18.6. The van der Waals surface area contributed by atoms with Crippen LogP contribution in [0.4, 0.5) is 5.69 Å². The first-order valence-electron chi connectivity index (χ1n) is 9.67. The number of halogens is 1. The van der Waals surface area contributed by atoms with Crippen LogP contribution in [0, 0.1) is 0 Å². The molecular formula is C20H27ClN4O2. The van der Waals surface area contributed by atoms with Gasteiger partial charge in [-0.25, -0.2) is 4.98 Å². The number of aromatic nitrogens is 2. The maximum atomic E-state index is 6.38. The molecule has 146 valence electrons. The molecule has 1 saturated heterocycles. The van der Waals surface area contributed by atoms with E-state index >= 15 is 0 Å². The summed E-state index contributed by atoms with van der Waals surface area (Å²) in [6.07, 6.45) is 6.07. The fraction of sp³-hybridized carbons (Fsp3) is 0.550. The highest BCUT2D eigenvalue weighted by molar-refractivity contribution is 6.33. The van der Waals surface area contributed by atoms with Crippen molar-refractivity contribution in [1.82, 2.24) is 14.9 Å². The summed E-state index contributed by atoms with van der Waals surface area (Å²) in [6.45, 7) is 4.69. The normalized spacial score (nSPS) is 18.3. The molecule has 2 aliphatic rings. The third-order valence-corrected chi connectivity index (χ3v) is 5.99. The van der Waals surface area contributed by atoms with E-state index in [-0.39, 0.29) is 0 Å². The number of imidazole rings is 1. The van der Waals surface area contributed by atoms with Crippen molar-refractivity contribution in [1.29, 1.82) is 0 Å². The first-order valence-corrected chi connectivity index (χ1v) is 10.1. The number of rotatable bonds is 5. The van der Waals surface area contributed by atoms with Gasteiger partial charge in [0, 0.05) is 37.0 Å². The largest absolute Gasteiger partial charge is 0.492 e. The van der Waals surface area contributed by atoms with E-state index in [1.165, 1.54) is 5.69 Å². The first-order chi connectivity index (χ1) is 13.2. The van der Waals surface area contributed by atoms with E-state index in [2.05, 4.69) is 14.9 Å². The van der Waals surface area contributed by atoms with E-state index < -0.39 is 0 Å². The van der Waals surface area contributed by atoms with Gasteiger partial charge in [0.2, 0.25) is 0 Å². The molecule has 0 unspecified atom stereocenters. The Labute approximate surface area is 165 Å². The van der Waals surface area contributed by atoms with Crippen LogP contribution >= 0.6 is 11.6 Å². The van der Waals surface area contributed by atoms with Crippen LogP contribution < -0.4 is 10.5 Å². The van der Waals surface area contributed by atoms with Gasteiger partial charge in [-0.15, -0.1) is 0 Å². The zero-order valence-corrected chi connectivity index (χ0v) is 16.5. The number of fused-ring (bicyclic) bond motifs is 1. The lowest BCUT2D eigenvalue weighted by Gasteiger charge is -2.31. The number of hydrogen-bond donors (Lipinski definition) is 2. The topological polar surface area (TPSA) is 76.4 Å². The van der Waals surface area contributed by atoms with Gasteiger partial charge in [0.25, 0.3) is 0 Å². The molecule has 0 saturated carbocycles. The summed E-state index contributed by atoms with van der Waals surface area (Å²) in [4.78, 5) is 10.6. The fourth-order valence-electron chi connectivity index (χ4n) is 4.08. The molecule has 0 amide bonds. The Bertz CT molecular complexity index is 800. The van der Waals surface area contributed by atoms with E-state index in [4.69, 9.17) is 26.8 Å². The van der Waals surface area contributed by atoms with Gasteiger partial charge >= 0.3 is 0 Å². The number of anilines is 1. The van der Waals surface area contributed by atoms with Crippen molar-refractivity contribution >= 4 is 17.3 Å². The summed E-state index contributed by atoms with van der Waals surface area (Å²) in [7, 11) is 1.75. The van der Waals surface area contributed by atoms with E-state index in [1.54, 1.807) is 7.11 Å². The molecular weight excluding hydrogens is 364 g/mol. The Morgan fingerprint density at radius 2 is 2.22 bits per heavy atom. The summed E-state index contributed by atoms with van der Waals surface area (Å²) in [5, 5.41) is 0.568. The summed E-state index contributed by atoms with van der Waals surface area (Å²) in [5.74, 6) is 2.15. The lowest BCUT2D eigenvalue weighted by molar-refractivity contribution is 0.130. The molecule has 4 rings (SSSR count). The molecule has 0 aliphatic carbocycles. The predicted molar refractivity (Wildman–Crippen MR) is 108 cm³/mol. The number of nitrogens with one attached hydrogen (secondary N) is 1. The minimum Gasteiger partial charge on any atom is -0.492 e. The van der Waals surface area contributed by atoms with Crippen LogP contribution in [0.25, 0.3) is 11.4 Å². The Hall–Kier alpha value is -1.76. The van der Waals surface area contributed by atoms with Gasteiger partial charge in [-0.05, 0) is 44.8 Å². The minimum atomic E-state index is 0.506. The lowest BCUT2D eigenvalue weighted by Crippen LogP contribution is -2.35. The molecule has 27 heavy (non-hydrogen) atoms. The summed E-state index contributed by atoms with van der Waals surface area (Å²) >= 11 is 6.38. The monoisotopic (exact) mass is 390 g/mol. The smallest absolute Gasteiger partial charge is 0.141 e. The van der Waals surface area contributed by atoms with Crippen LogP contribution in [0.1, 0.15) is 36.4 Å². The highest BCUT2D eigenvalue weighted by Gasteiger charge is 2.25. The van der Waals surface area contributed by atoms with Crippen LogP contribution in [0.15, 0.2) is 12.3 Å². The maximum Gasteiger partial charge on any atom is 0.141 e. The SMILES string of the molecule is COCCN1CCC(c2cnc(-c3cc(Cl)c(N)c4c3OCCC4)[nH]2)CC1. The summed E-state index contributed by atoms with van der Waals surface area (Å²) in [6, 6.07) is 1.87. The molecule has 2 aliphatic heterocycles. The van der Waals surface area contributed by atoms with Crippen LogP contribution in [-0.2, 0) is 11.2 Å². The molecule has 6 nitrogen and oxygen atoms in total. The van der Waals surface area contributed by atoms with Crippen LogP contribution in [0.5, 0.6) is 5.75 Å². The molecule has 7 heteroatoms. The minimum absolute atomic E-state index is 0.506. The summed E-state index contributed by atoms with van der Waals surface area (Å²) in [5.41, 5.74) is 9.90. The number of ether oxygens (including phenoxy) is 2. The molecule has 1 fully saturated rings. The molecule has 3 heterocycles. The number of nitrogens with zero attached hydrogens (tertiary/aromatic N) is 2. The Morgan fingerprint density at radius 1 is 1.41 bits per heavy atom. The molecule has 1 aromatic heterocycles. The molecule has 0 spiro atoms. The zero-order valence-electron chi connectivity index (χ0n) is 15.8. The second kappa shape index (κ2) is 8.09. The third kappa shape index (κ3) is 3.79. The number of aromatic amines is 1. The second-order valence-corrected chi connectivity index (χ2v) is 7.78. The van der Waals surface area contributed by atoms with Gasteiger partial charge in [0.1, 0.15) is 11.6 Å². The van der Waals surface area contributed by atoms with Gasteiger partial charge in [-0.1, -0.05) is 11.6 Å². The molecule has 2 aromatic rings. The number of likely N-dealkylation sites (tertiary alicyclic amines) is 1. The number of benzene rings is 1. The van der Waals surface area contributed by atoms with Crippen LogP contribution in [0.2, 0.25) is 5.02 Å². The van der Waals surface area contributed by atoms with E-state index in [0.717, 1.165) is 74.6 Å². The third-order valence-electron chi connectivity index (χ3n) is 5.68. The van der Waals surface area contributed by atoms with Crippen molar-refractivity contribution in [2.24, 2.45) is 0 Å². The van der Waals surface area contributed by atoms with Crippen LogP contribution in [-0.4, -0.2) is 54.8 Å². The van der Waals surface area contributed by atoms with Crippen molar-refractivity contribution in [3.05, 3.63) is 28.5 Å². The zero-order chi connectivity index (χ0) is 18.8. The number of nitrogen functional groups attached to an aromatic ring is 1. The van der Waals surface area contributed by atoms with Crippen molar-refractivity contribution in [3.63, 3.8) is 0 Å². The molecule has 0 atom stereocenters. The Kier molecular flexibility index (Phi) is 5.57. The average Bonchev–Trinajstić information content (AvgIpc) is 3.19. The van der Waals surface area contributed by atoms with Gasteiger partial charge in [-0.2, -0.15) is 0 Å². The number of piperidine rings is 1. The second-order valence-electron chi connectivity index (χ2n) is 7.38. The van der Waals surface area contributed by atoms with Gasteiger partial charge < -0.3 is 25.1 Å². The Morgan fingerprint density at radius 3 is 3.00 bits per heavy atom. The number of H-pyrrole nitrogens is 1. The van der Waals surface area contributed by atoms with Crippen LogP contribution in [0.3, 0.4) is 0 Å². The molecule has 0 radical (unpaired) electrons. The highest BCUT2D eigenvalue weighted by Crippen LogP contribution is 2.42. The number of hydrogen-bond acceptors (Lipinski definition) is 5. The van der Waals surface area contributed by atoms with E-state index in [9.17, 15) is 0 Å². The highest BCUT2D eigenvalue weighted by atomic mass is 35.5. The fourth-order valence-corrected chi connectivity index (χ4v) is 4.30. The van der Waals surface area contributed by atoms with Crippen molar-refractivity contribution < 1.29 is 9.47 Å². The van der Waals surface area contributed by atoms with Crippen molar-refractivity contribution in [2.45, 2.75) is 31.6 Å². The Balaban J connectivity index is 1.53. The molecule has 0 bridgehead atoms. The van der Waals surface area contributed by atoms with Crippen molar-refractivity contribution in [2.75, 3.05) is 45.7 Å². The summed E-state index contributed by atoms with van der Waals surface area (Å²) < 4.78 is 11.1. The number of methoxy groups -OCH3 is 1. The number of nitrogens with two attached hydrogens (primary N) is 1. The van der Waals surface area contributed by atoms with E-state index in [0.29, 0.717) is 23.2 Å². The lowest BCUT2D eigenvalue weighted by atomic mass is 9.94. The average molecular weight is 391 g/mol. The molecule has 1 aromatic carbocycles. The van der Waals surface area contributed by atoms with Gasteiger partial charge in [-0.3, -0.25) is 0 Å². The standard InChI is InChI=1S/C20H27ClN4O2/c1-26-10-8-25-6-4-13(5-7-25)17-12-23-20(24-17)15-11-16(21)18(22)14-3-2-9-27-19(14)15/h11-13H,2-10,22H2,1H3,(H,23,24).